The van der Waals surface area contributed by atoms with Crippen molar-refractivity contribution in [1.29, 1.82) is 0 Å². The average Bonchev–Trinajstić information content (AvgIpc) is 2.49. The molecule has 0 bridgehead atoms. The Morgan fingerprint density at radius 1 is 1.47 bits per heavy atom. The van der Waals surface area contributed by atoms with Crippen LogP contribution in [0.2, 0.25) is 0 Å². The summed E-state index contributed by atoms with van der Waals surface area (Å²) in [5, 5.41) is 4.22. The molecule has 2 heterocycles. The molecule has 0 aliphatic rings. The maximum Gasteiger partial charge on any atom is 0.253 e. The smallest absolute Gasteiger partial charge is 0.253 e. The van der Waals surface area contributed by atoms with Gasteiger partial charge in [-0.3, -0.25) is 14.0 Å². The van der Waals surface area contributed by atoms with Gasteiger partial charge >= 0.3 is 0 Å². The highest BCUT2D eigenvalue weighted by Crippen LogP contribution is 2.02. The van der Waals surface area contributed by atoms with Gasteiger partial charge < -0.3 is 0 Å². The molecule has 0 aromatic carbocycles. The van der Waals surface area contributed by atoms with Crippen molar-refractivity contribution < 1.29 is 0 Å². The standard InChI is InChI=1S/C10H12N4O/c1-8-5-9(13(2)12-8)6-14-7-11-4-3-10(14)15/h3-5,7H,6H2,1-2H3. The van der Waals surface area contributed by atoms with Gasteiger partial charge in [-0.05, 0) is 13.0 Å². The van der Waals surface area contributed by atoms with Gasteiger partial charge in [0.25, 0.3) is 5.56 Å². The zero-order chi connectivity index (χ0) is 10.8. The Morgan fingerprint density at radius 2 is 2.27 bits per heavy atom. The van der Waals surface area contributed by atoms with Crippen LogP contribution in [0, 0.1) is 6.92 Å². The molecule has 2 aromatic rings. The normalized spacial score (nSPS) is 10.5. The fourth-order valence-corrected chi connectivity index (χ4v) is 1.48. The SMILES string of the molecule is Cc1cc(Cn2cnccc2=O)n(C)n1. The van der Waals surface area contributed by atoms with Crippen LogP contribution in [-0.2, 0) is 13.6 Å². The van der Waals surface area contributed by atoms with E-state index in [1.807, 2.05) is 20.0 Å². The molecule has 0 aliphatic carbocycles. The van der Waals surface area contributed by atoms with E-state index in [9.17, 15) is 4.79 Å². The molecule has 78 valence electrons. The second-order valence-electron chi connectivity index (χ2n) is 3.45. The minimum atomic E-state index is -0.0520. The molecule has 5 nitrogen and oxygen atoms in total. The van der Waals surface area contributed by atoms with E-state index in [1.54, 1.807) is 9.25 Å². The molecule has 0 radical (unpaired) electrons. The molecule has 0 fully saturated rings. The second-order valence-corrected chi connectivity index (χ2v) is 3.45. The highest BCUT2D eigenvalue weighted by atomic mass is 16.1. The molecule has 0 N–H and O–H groups in total. The number of nitrogens with zero attached hydrogens (tertiary/aromatic N) is 4. The first-order chi connectivity index (χ1) is 7.16. The summed E-state index contributed by atoms with van der Waals surface area (Å²) in [6.07, 6.45) is 3.03. The molecule has 0 spiro atoms. The zero-order valence-corrected chi connectivity index (χ0v) is 8.71. The van der Waals surface area contributed by atoms with Gasteiger partial charge in [0, 0.05) is 19.3 Å². The number of rotatable bonds is 2. The van der Waals surface area contributed by atoms with Gasteiger partial charge in [-0.15, -0.1) is 0 Å². The summed E-state index contributed by atoms with van der Waals surface area (Å²) in [5.74, 6) is 0. The van der Waals surface area contributed by atoms with E-state index in [0.717, 1.165) is 11.4 Å². The van der Waals surface area contributed by atoms with Crippen LogP contribution in [0.4, 0.5) is 0 Å². The van der Waals surface area contributed by atoms with Crippen LogP contribution in [0.3, 0.4) is 0 Å². The van der Waals surface area contributed by atoms with E-state index >= 15 is 0 Å². The van der Waals surface area contributed by atoms with Crippen LogP contribution in [0.25, 0.3) is 0 Å². The lowest BCUT2D eigenvalue weighted by molar-refractivity contribution is 0.643. The van der Waals surface area contributed by atoms with Crippen molar-refractivity contribution in [1.82, 2.24) is 19.3 Å². The molecular formula is C10H12N4O. The van der Waals surface area contributed by atoms with Gasteiger partial charge in [0.05, 0.1) is 24.3 Å². The molecule has 5 heteroatoms. The van der Waals surface area contributed by atoms with Crippen molar-refractivity contribution >= 4 is 0 Å². The summed E-state index contributed by atoms with van der Waals surface area (Å²) in [6.45, 7) is 2.43. The average molecular weight is 204 g/mol. The van der Waals surface area contributed by atoms with E-state index in [-0.39, 0.29) is 5.56 Å². The first-order valence-electron chi connectivity index (χ1n) is 4.67. The predicted molar refractivity (Wildman–Crippen MR) is 55.5 cm³/mol. The summed E-state index contributed by atoms with van der Waals surface area (Å²) in [6, 6.07) is 3.41. The van der Waals surface area contributed by atoms with Crippen molar-refractivity contribution in [3.63, 3.8) is 0 Å². The second kappa shape index (κ2) is 3.68. The molecule has 0 aliphatic heterocycles. The topological polar surface area (TPSA) is 52.7 Å². The van der Waals surface area contributed by atoms with Crippen molar-refractivity contribution in [2.24, 2.45) is 7.05 Å². The third kappa shape index (κ3) is 1.96. The van der Waals surface area contributed by atoms with Crippen molar-refractivity contribution in [3.8, 4) is 0 Å². The fourth-order valence-electron chi connectivity index (χ4n) is 1.48. The number of hydrogen-bond acceptors (Lipinski definition) is 3. The van der Waals surface area contributed by atoms with Crippen LogP contribution < -0.4 is 5.56 Å². The van der Waals surface area contributed by atoms with E-state index in [1.165, 1.54) is 18.6 Å². The van der Waals surface area contributed by atoms with Gasteiger partial charge in [0.1, 0.15) is 0 Å². The van der Waals surface area contributed by atoms with Crippen LogP contribution in [0.15, 0.2) is 29.5 Å². The molecular weight excluding hydrogens is 192 g/mol. The van der Waals surface area contributed by atoms with Crippen molar-refractivity contribution in [2.45, 2.75) is 13.5 Å². The highest BCUT2D eigenvalue weighted by Gasteiger charge is 2.03. The Hall–Kier alpha value is -1.91. The maximum atomic E-state index is 11.4. The van der Waals surface area contributed by atoms with E-state index in [4.69, 9.17) is 0 Å². The quantitative estimate of drug-likeness (QED) is 0.708. The highest BCUT2D eigenvalue weighted by molar-refractivity contribution is 5.09. The summed E-state index contributed by atoms with van der Waals surface area (Å²) in [7, 11) is 1.86. The van der Waals surface area contributed by atoms with Gasteiger partial charge in [-0.2, -0.15) is 5.10 Å². The number of aryl methyl sites for hydroxylation is 2. The first kappa shape index (κ1) is 9.64. The lowest BCUT2D eigenvalue weighted by Crippen LogP contribution is -2.20. The Morgan fingerprint density at radius 3 is 2.87 bits per heavy atom. The largest absolute Gasteiger partial charge is 0.293 e. The van der Waals surface area contributed by atoms with Crippen LogP contribution >= 0.6 is 0 Å². The molecule has 15 heavy (non-hydrogen) atoms. The van der Waals surface area contributed by atoms with Crippen LogP contribution in [0.1, 0.15) is 11.4 Å². The van der Waals surface area contributed by atoms with Crippen molar-refractivity contribution in [2.75, 3.05) is 0 Å². The Labute approximate surface area is 87.0 Å². The van der Waals surface area contributed by atoms with Gasteiger partial charge in [0.2, 0.25) is 0 Å². The summed E-state index contributed by atoms with van der Waals surface area (Å²) in [4.78, 5) is 15.3. The van der Waals surface area contributed by atoms with Gasteiger partial charge in [-0.25, -0.2) is 4.98 Å². The Balaban J connectivity index is 2.34. The minimum Gasteiger partial charge on any atom is -0.293 e. The maximum absolute atomic E-state index is 11.4. The lowest BCUT2D eigenvalue weighted by atomic mass is 10.3. The molecule has 0 amide bonds. The molecule has 0 saturated carbocycles. The minimum absolute atomic E-state index is 0.0520. The van der Waals surface area contributed by atoms with Crippen LogP contribution in [-0.4, -0.2) is 19.3 Å². The zero-order valence-electron chi connectivity index (χ0n) is 8.71. The summed E-state index contributed by atoms with van der Waals surface area (Å²) < 4.78 is 3.32. The van der Waals surface area contributed by atoms with E-state index in [2.05, 4.69) is 10.1 Å². The number of hydrogen-bond donors (Lipinski definition) is 0. The van der Waals surface area contributed by atoms with E-state index < -0.39 is 0 Å². The summed E-state index contributed by atoms with van der Waals surface area (Å²) in [5.41, 5.74) is 1.89. The predicted octanol–water partition coefficient (Wildman–Crippen LogP) is 0.334. The van der Waals surface area contributed by atoms with E-state index in [0.29, 0.717) is 6.54 Å². The molecule has 0 saturated heterocycles. The molecule has 0 unspecified atom stereocenters. The Kier molecular flexibility index (Phi) is 2.37. The number of aromatic nitrogens is 4. The van der Waals surface area contributed by atoms with Crippen LogP contribution in [0.5, 0.6) is 0 Å². The van der Waals surface area contributed by atoms with Gasteiger partial charge in [0.15, 0.2) is 0 Å². The molecule has 2 aromatic heterocycles. The van der Waals surface area contributed by atoms with Crippen molar-refractivity contribution in [3.05, 3.63) is 46.4 Å². The van der Waals surface area contributed by atoms with Gasteiger partial charge in [-0.1, -0.05) is 0 Å². The fraction of sp³-hybridized carbons (Fsp3) is 0.300. The Bertz CT molecular complexity index is 526. The molecule has 0 atom stereocenters. The monoisotopic (exact) mass is 204 g/mol. The third-order valence-corrected chi connectivity index (χ3v) is 2.22. The third-order valence-electron chi connectivity index (χ3n) is 2.22. The molecule has 2 rings (SSSR count). The lowest BCUT2D eigenvalue weighted by Gasteiger charge is -2.03. The first-order valence-corrected chi connectivity index (χ1v) is 4.67. The summed E-state index contributed by atoms with van der Waals surface area (Å²) >= 11 is 0.